The van der Waals surface area contributed by atoms with E-state index in [1.54, 1.807) is 0 Å². The molecule has 0 bridgehead atoms. The molecule has 0 fully saturated rings. The maximum Gasteiger partial charge on any atom is 0.304 e. The number of aliphatic carboxylic acids is 1. The fraction of sp³-hybridized carbons (Fsp3) is 0.250. The molecule has 0 saturated heterocycles. The van der Waals surface area contributed by atoms with Crippen LogP contribution in [-0.2, 0) is 17.8 Å². The van der Waals surface area contributed by atoms with Gasteiger partial charge < -0.3 is 10.4 Å². The van der Waals surface area contributed by atoms with E-state index < -0.39 is 5.97 Å². The summed E-state index contributed by atoms with van der Waals surface area (Å²) in [6.07, 6.45) is 0.939. The average molecular weight is 446 g/mol. The first-order valence-corrected chi connectivity index (χ1v) is 11.1. The molecule has 1 atom stereocenters. The Balaban J connectivity index is 1.75. The number of benzene rings is 3. The zero-order chi connectivity index (χ0) is 22.9. The number of carboxylic acids is 1. The second-order valence-corrected chi connectivity index (χ2v) is 8.45. The van der Waals surface area contributed by atoms with Crippen LogP contribution in [-0.4, -0.2) is 17.6 Å². The van der Waals surface area contributed by atoms with Crippen LogP contribution in [0.3, 0.4) is 0 Å². The predicted octanol–water partition coefficient (Wildman–Crippen LogP) is 5.90. The monoisotopic (exact) mass is 445 g/mol. The first-order chi connectivity index (χ1) is 15.4. The molecular formula is C28H28ClNO2. The molecular weight excluding hydrogens is 418 g/mol. The fourth-order valence-corrected chi connectivity index (χ4v) is 3.64. The van der Waals surface area contributed by atoms with Crippen LogP contribution in [0, 0.1) is 25.7 Å². The Morgan fingerprint density at radius 1 is 1.00 bits per heavy atom. The highest BCUT2D eigenvalue weighted by Gasteiger charge is 2.11. The molecule has 0 radical (unpaired) electrons. The molecule has 3 nitrogen and oxygen atoms in total. The van der Waals surface area contributed by atoms with Crippen molar-refractivity contribution in [2.45, 2.75) is 39.2 Å². The summed E-state index contributed by atoms with van der Waals surface area (Å²) in [4.78, 5) is 10.6. The van der Waals surface area contributed by atoms with Crippen molar-refractivity contribution in [1.29, 1.82) is 0 Å². The van der Waals surface area contributed by atoms with Crippen LogP contribution in [0.5, 0.6) is 0 Å². The van der Waals surface area contributed by atoms with Crippen molar-refractivity contribution < 1.29 is 9.90 Å². The molecule has 0 aliphatic rings. The topological polar surface area (TPSA) is 49.3 Å². The summed E-state index contributed by atoms with van der Waals surface area (Å²) in [5.74, 6) is 6.03. The third-order valence-corrected chi connectivity index (χ3v) is 5.69. The summed E-state index contributed by atoms with van der Waals surface area (Å²) in [6.45, 7) is 5.35. The summed E-state index contributed by atoms with van der Waals surface area (Å²) in [5.41, 5.74) is 7.00. The van der Waals surface area contributed by atoms with Crippen molar-refractivity contribution in [1.82, 2.24) is 5.32 Å². The smallest absolute Gasteiger partial charge is 0.304 e. The summed E-state index contributed by atoms with van der Waals surface area (Å²) in [5, 5.41) is 12.6. The maximum absolute atomic E-state index is 10.6. The molecule has 1 unspecified atom stereocenters. The molecule has 32 heavy (non-hydrogen) atoms. The number of halogens is 1. The zero-order valence-corrected chi connectivity index (χ0v) is 19.2. The van der Waals surface area contributed by atoms with Gasteiger partial charge in [-0.05, 0) is 72.4 Å². The SMILES string of the molecule is Cc1ccc(CC(C#Cc2ccc(CNCCC(=O)O)cc2)c2cccc(Cl)c2)cc1C. The fourth-order valence-electron chi connectivity index (χ4n) is 3.45. The van der Waals surface area contributed by atoms with Crippen molar-refractivity contribution in [2.75, 3.05) is 6.54 Å². The van der Waals surface area contributed by atoms with E-state index in [1.807, 2.05) is 42.5 Å². The van der Waals surface area contributed by atoms with E-state index >= 15 is 0 Å². The van der Waals surface area contributed by atoms with Crippen LogP contribution in [0.2, 0.25) is 5.02 Å². The highest BCUT2D eigenvalue weighted by Crippen LogP contribution is 2.24. The summed E-state index contributed by atoms with van der Waals surface area (Å²) in [6, 6.07) is 22.6. The van der Waals surface area contributed by atoms with Crippen LogP contribution in [0.25, 0.3) is 0 Å². The van der Waals surface area contributed by atoms with Gasteiger partial charge in [0, 0.05) is 29.6 Å². The van der Waals surface area contributed by atoms with Crippen molar-refractivity contribution in [3.8, 4) is 11.8 Å². The molecule has 0 heterocycles. The molecule has 4 heteroatoms. The quantitative estimate of drug-likeness (QED) is 0.335. The van der Waals surface area contributed by atoms with E-state index in [2.05, 4.69) is 55.3 Å². The van der Waals surface area contributed by atoms with Crippen LogP contribution in [0.1, 0.15) is 45.7 Å². The van der Waals surface area contributed by atoms with E-state index in [0.29, 0.717) is 18.1 Å². The largest absolute Gasteiger partial charge is 0.481 e. The van der Waals surface area contributed by atoms with Gasteiger partial charge in [-0.25, -0.2) is 0 Å². The normalized spacial score (nSPS) is 11.5. The Bertz CT molecular complexity index is 1130. The molecule has 164 valence electrons. The molecule has 0 aromatic heterocycles. The lowest BCUT2D eigenvalue weighted by Crippen LogP contribution is -2.17. The number of carbonyl (C=O) groups is 1. The van der Waals surface area contributed by atoms with Crippen LogP contribution < -0.4 is 5.32 Å². The second-order valence-electron chi connectivity index (χ2n) is 8.02. The molecule has 0 amide bonds. The van der Waals surface area contributed by atoms with Gasteiger partial charge in [-0.2, -0.15) is 0 Å². The predicted molar refractivity (Wildman–Crippen MR) is 131 cm³/mol. The Labute approximate surface area is 195 Å². The number of rotatable bonds is 8. The minimum Gasteiger partial charge on any atom is -0.481 e. The van der Waals surface area contributed by atoms with Gasteiger partial charge in [-0.3, -0.25) is 4.79 Å². The third kappa shape index (κ3) is 7.27. The average Bonchev–Trinajstić information content (AvgIpc) is 2.77. The van der Waals surface area contributed by atoms with Crippen LogP contribution >= 0.6 is 11.6 Å². The number of nitrogens with one attached hydrogen (secondary N) is 1. The molecule has 3 aromatic rings. The van der Waals surface area contributed by atoms with E-state index in [4.69, 9.17) is 16.7 Å². The first kappa shape index (κ1) is 23.6. The molecule has 3 rings (SSSR count). The standard InChI is InChI=1S/C28H28ClNO2/c1-20-6-7-24(16-21(20)2)17-26(25-4-3-5-27(29)18-25)13-12-22-8-10-23(11-9-22)19-30-15-14-28(31)32/h3-11,16,18,26,30H,14-15,17,19H2,1-2H3,(H,31,32). The Kier molecular flexibility index (Phi) is 8.50. The Morgan fingerprint density at radius 3 is 2.44 bits per heavy atom. The van der Waals surface area contributed by atoms with Crippen LogP contribution in [0.15, 0.2) is 66.7 Å². The van der Waals surface area contributed by atoms with Gasteiger partial charge in [0.25, 0.3) is 0 Å². The zero-order valence-electron chi connectivity index (χ0n) is 18.5. The van der Waals surface area contributed by atoms with Crippen molar-refractivity contribution in [2.24, 2.45) is 0 Å². The molecule has 0 aliphatic heterocycles. The highest BCUT2D eigenvalue weighted by atomic mass is 35.5. The minimum absolute atomic E-state index is 0.0353. The van der Waals surface area contributed by atoms with E-state index in [0.717, 1.165) is 23.1 Å². The number of hydrogen-bond acceptors (Lipinski definition) is 2. The van der Waals surface area contributed by atoms with Crippen molar-refractivity contribution >= 4 is 17.6 Å². The maximum atomic E-state index is 10.6. The number of hydrogen-bond donors (Lipinski definition) is 2. The summed E-state index contributed by atoms with van der Waals surface area (Å²) in [7, 11) is 0. The van der Waals surface area contributed by atoms with Crippen molar-refractivity contribution in [3.05, 3.63) is 105 Å². The molecule has 3 aromatic carbocycles. The Hall–Kier alpha value is -3.06. The van der Waals surface area contributed by atoms with E-state index in [-0.39, 0.29) is 12.3 Å². The highest BCUT2D eigenvalue weighted by molar-refractivity contribution is 6.30. The number of aryl methyl sites for hydroxylation is 2. The van der Waals surface area contributed by atoms with Gasteiger partial charge in [0.15, 0.2) is 0 Å². The molecule has 0 aliphatic carbocycles. The van der Waals surface area contributed by atoms with E-state index in [9.17, 15) is 4.79 Å². The molecule has 0 spiro atoms. The lowest BCUT2D eigenvalue weighted by molar-refractivity contribution is -0.136. The summed E-state index contributed by atoms with van der Waals surface area (Å²) < 4.78 is 0. The summed E-state index contributed by atoms with van der Waals surface area (Å²) >= 11 is 6.26. The van der Waals surface area contributed by atoms with Gasteiger partial charge in [0.05, 0.1) is 6.42 Å². The lowest BCUT2D eigenvalue weighted by Gasteiger charge is -2.13. The van der Waals surface area contributed by atoms with Crippen LogP contribution in [0.4, 0.5) is 0 Å². The number of carboxylic acid groups (broad SMARTS) is 1. The van der Waals surface area contributed by atoms with Gasteiger partial charge in [-0.15, -0.1) is 0 Å². The third-order valence-electron chi connectivity index (χ3n) is 5.45. The lowest BCUT2D eigenvalue weighted by atomic mass is 9.91. The van der Waals surface area contributed by atoms with Gasteiger partial charge in [0.2, 0.25) is 0 Å². The molecule has 0 saturated carbocycles. The minimum atomic E-state index is -0.793. The second kappa shape index (κ2) is 11.5. The van der Waals surface area contributed by atoms with Gasteiger partial charge in [-0.1, -0.05) is 65.9 Å². The first-order valence-electron chi connectivity index (χ1n) is 10.8. The molecule has 2 N–H and O–H groups in total. The Morgan fingerprint density at radius 2 is 1.75 bits per heavy atom. The van der Waals surface area contributed by atoms with E-state index in [1.165, 1.54) is 16.7 Å². The van der Waals surface area contributed by atoms with Gasteiger partial charge in [0.1, 0.15) is 0 Å². The van der Waals surface area contributed by atoms with Gasteiger partial charge >= 0.3 is 5.97 Å². The van der Waals surface area contributed by atoms with Crippen molar-refractivity contribution in [3.63, 3.8) is 0 Å².